The second-order valence-electron chi connectivity index (χ2n) is 21.3. The van der Waals surface area contributed by atoms with E-state index in [-0.39, 0.29) is 23.3 Å². The zero-order valence-electron chi connectivity index (χ0n) is 42.0. The SMILES string of the molecule is CC(=O)OC1C(=O)C2(C)C=CC3OCC3(OC(C)=O)C2C(OC(=O)c2ccccc2)C2(O)CC(OC(=O)C3OC(C)(C)N(C(=O)OC(C)(C)C)C3c3ccc(OCc4ccccc4)cc3)C(C)=C1C2(C)C. The number of nitrogens with zero attached hydrogens (tertiary/aromatic N) is 1. The van der Waals surface area contributed by atoms with Crippen LogP contribution >= 0.6 is 0 Å². The van der Waals surface area contributed by atoms with Gasteiger partial charge in [-0.2, -0.15) is 0 Å². The molecule has 1 N–H and O–H groups in total. The molecule has 8 rings (SSSR count). The first kappa shape index (κ1) is 51.0. The van der Waals surface area contributed by atoms with Crippen molar-refractivity contribution in [3.05, 3.63) is 125 Å². The topological polar surface area (TPSA) is 200 Å². The largest absolute Gasteiger partial charge is 0.489 e. The van der Waals surface area contributed by atoms with Gasteiger partial charge in [0.05, 0.1) is 23.5 Å². The van der Waals surface area contributed by atoms with E-state index in [0.717, 1.165) is 12.5 Å². The molecule has 16 heteroatoms. The van der Waals surface area contributed by atoms with Crippen LogP contribution in [0, 0.1) is 16.7 Å². The molecule has 2 heterocycles. The second-order valence-corrected chi connectivity index (χ2v) is 21.3. The molecule has 2 aliphatic heterocycles. The van der Waals surface area contributed by atoms with Gasteiger partial charge in [-0.25, -0.2) is 14.4 Å². The Morgan fingerprint density at radius 1 is 0.831 bits per heavy atom. The zero-order valence-corrected chi connectivity index (χ0v) is 42.0. The summed E-state index contributed by atoms with van der Waals surface area (Å²) in [7, 11) is 0. The summed E-state index contributed by atoms with van der Waals surface area (Å²) in [6.45, 7) is 17.3. The molecule has 2 saturated heterocycles. The summed E-state index contributed by atoms with van der Waals surface area (Å²) in [4.78, 5) is 87.1. The van der Waals surface area contributed by atoms with Crippen LogP contribution in [0.15, 0.2) is 108 Å². The number of Topliss-reactive ketones (excluding diaryl/α,β-unsaturated/α-hetero) is 1. The van der Waals surface area contributed by atoms with Gasteiger partial charge in [0.15, 0.2) is 23.6 Å². The summed E-state index contributed by atoms with van der Waals surface area (Å²) in [6, 6.07) is 23.4. The highest BCUT2D eigenvalue weighted by Gasteiger charge is 2.75. The van der Waals surface area contributed by atoms with Crippen molar-refractivity contribution in [1.82, 2.24) is 4.90 Å². The van der Waals surface area contributed by atoms with Crippen LogP contribution in [0.1, 0.15) is 110 Å². The van der Waals surface area contributed by atoms with E-state index in [1.165, 1.54) is 24.0 Å². The highest BCUT2D eigenvalue weighted by Crippen LogP contribution is 2.63. The number of rotatable bonds is 10. The lowest BCUT2D eigenvalue weighted by Gasteiger charge is -2.65. The minimum atomic E-state index is -2.30. The number of hydrogen-bond donors (Lipinski definition) is 1. The molecule has 3 aromatic carbocycles. The number of esters is 4. The molecule has 378 valence electrons. The van der Waals surface area contributed by atoms with Gasteiger partial charge < -0.3 is 43.0 Å². The van der Waals surface area contributed by atoms with Crippen molar-refractivity contribution in [2.75, 3.05) is 6.61 Å². The molecule has 71 heavy (non-hydrogen) atoms. The molecule has 1 saturated carbocycles. The lowest BCUT2D eigenvalue weighted by atomic mass is 9.46. The number of aliphatic hydroxyl groups is 1. The van der Waals surface area contributed by atoms with Crippen LogP contribution in [-0.4, -0.2) is 105 Å². The summed E-state index contributed by atoms with van der Waals surface area (Å²) >= 11 is 0. The summed E-state index contributed by atoms with van der Waals surface area (Å²) in [5.41, 5.74) is -7.78. The molecule has 3 aliphatic carbocycles. The van der Waals surface area contributed by atoms with Gasteiger partial charge in [0, 0.05) is 25.7 Å². The normalized spacial score (nSPS) is 31.4. The van der Waals surface area contributed by atoms with Crippen LogP contribution in [0.25, 0.3) is 0 Å². The van der Waals surface area contributed by atoms with Crippen LogP contribution in [-0.2, 0) is 58.9 Å². The highest BCUT2D eigenvalue weighted by molar-refractivity contribution is 5.96. The minimum Gasteiger partial charge on any atom is -0.489 e. The molecule has 1 amide bonds. The fourth-order valence-corrected chi connectivity index (χ4v) is 11.3. The lowest BCUT2D eigenvalue weighted by Crippen LogP contribution is -2.78. The minimum absolute atomic E-state index is 0.109. The second kappa shape index (κ2) is 18.4. The number of carbonyl (C=O) groups is 6. The first-order valence-electron chi connectivity index (χ1n) is 23.8. The van der Waals surface area contributed by atoms with Gasteiger partial charge in [0.2, 0.25) is 0 Å². The van der Waals surface area contributed by atoms with Crippen LogP contribution in [0.2, 0.25) is 0 Å². The van der Waals surface area contributed by atoms with Gasteiger partial charge in [0.1, 0.15) is 53.6 Å². The Morgan fingerprint density at radius 2 is 1.46 bits per heavy atom. The van der Waals surface area contributed by atoms with E-state index in [0.29, 0.717) is 17.9 Å². The van der Waals surface area contributed by atoms with Crippen molar-refractivity contribution in [3.8, 4) is 5.75 Å². The van der Waals surface area contributed by atoms with Crippen molar-refractivity contribution in [2.24, 2.45) is 16.7 Å². The number of ether oxygens (including phenoxy) is 8. The Bertz CT molecular complexity index is 2650. The van der Waals surface area contributed by atoms with Crippen molar-refractivity contribution in [2.45, 2.75) is 148 Å². The maximum atomic E-state index is 15.6. The number of carbonyl (C=O) groups excluding carboxylic acids is 6. The average molecular weight is 978 g/mol. The third-order valence-electron chi connectivity index (χ3n) is 14.7. The summed E-state index contributed by atoms with van der Waals surface area (Å²) < 4.78 is 49.6. The van der Waals surface area contributed by atoms with E-state index in [1.807, 2.05) is 30.3 Å². The summed E-state index contributed by atoms with van der Waals surface area (Å²) in [6.07, 6.45) is -5.29. The van der Waals surface area contributed by atoms with Gasteiger partial charge in [-0.1, -0.05) is 86.7 Å². The molecule has 0 spiro atoms. The Kier molecular flexibility index (Phi) is 13.2. The first-order valence-corrected chi connectivity index (χ1v) is 23.8. The molecule has 10 atom stereocenters. The molecular formula is C55H63NO15. The van der Waals surface area contributed by atoms with Crippen molar-refractivity contribution >= 4 is 35.8 Å². The summed E-state index contributed by atoms with van der Waals surface area (Å²) in [5, 5.41) is 13.9. The van der Waals surface area contributed by atoms with Crippen molar-refractivity contribution in [3.63, 3.8) is 0 Å². The van der Waals surface area contributed by atoms with Gasteiger partial charge in [0.25, 0.3) is 0 Å². The maximum absolute atomic E-state index is 15.6. The Hall–Kier alpha value is -6.36. The molecule has 10 unspecified atom stereocenters. The average Bonchev–Trinajstić information content (AvgIpc) is 3.58. The monoisotopic (exact) mass is 977 g/mol. The van der Waals surface area contributed by atoms with Gasteiger partial charge in [-0.05, 0) is 95.0 Å². The van der Waals surface area contributed by atoms with E-state index in [9.17, 15) is 24.3 Å². The summed E-state index contributed by atoms with van der Waals surface area (Å²) in [5.74, 6) is -4.88. The van der Waals surface area contributed by atoms with Crippen molar-refractivity contribution in [1.29, 1.82) is 0 Å². The molecule has 5 aliphatic rings. The molecule has 0 radical (unpaired) electrons. The van der Waals surface area contributed by atoms with Crippen LogP contribution in [0.5, 0.6) is 5.75 Å². The lowest BCUT2D eigenvalue weighted by molar-refractivity contribution is -0.306. The van der Waals surface area contributed by atoms with E-state index in [1.54, 1.807) is 117 Å². The smallest absolute Gasteiger partial charge is 0.413 e. The zero-order chi connectivity index (χ0) is 51.6. The fourth-order valence-electron chi connectivity index (χ4n) is 11.3. The van der Waals surface area contributed by atoms with Crippen LogP contribution in [0.4, 0.5) is 4.79 Å². The number of fused-ring (bicyclic) bond motifs is 5. The van der Waals surface area contributed by atoms with Crippen LogP contribution in [0.3, 0.4) is 0 Å². The standard InChI is InChI=1S/C55H63NO15/c1-31-38(67-48(61)43-41(56(52(9,10)70-43)49(62)71-50(4,5)6)35-22-24-37(25-23-35)64-29-34-18-14-12-15-19-34)28-55(63)46(68-47(60)36-20-16-13-17-21-36)44-53(11,27-26-39-54(44,30-65-39)69-33(3)58)45(59)42(66-32(2)57)40(31)51(55,7)8/h12-27,38-39,41-44,46,63H,28-30H2,1-11H3. The third kappa shape index (κ3) is 9.03. The Labute approximate surface area is 413 Å². The van der Waals surface area contributed by atoms with Gasteiger partial charge in [-0.3, -0.25) is 19.3 Å². The Balaban J connectivity index is 1.25. The molecule has 16 nitrogen and oxygen atoms in total. The maximum Gasteiger partial charge on any atom is 0.413 e. The quantitative estimate of drug-likeness (QED) is 0.118. The van der Waals surface area contributed by atoms with Gasteiger partial charge in [-0.15, -0.1) is 0 Å². The molecular weight excluding hydrogens is 915 g/mol. The third-order valence-corrected chi connectivity index (χ3v) is 14.7. The molecule has 3 aromatic rings. The van der Waals surface area contributed by atoms with Crippen LogP contribution < -0.4 is 4.74 Å². The first-order chi connectivity index (χ1) is 33.2. The number of ketones is 1. The van der Waals surface area contributed by atoms with Gasteiger partial charge >= 0.3 is 30.0 Å². The molecule has 2 bridgehead atoms. The number of allylic oxidation sites excluding steroid dienone is 1. The fraction of sp³-hybridized carbons (Fsp3) is 0.491. The van der Waals surface area contributed by atoms with E-state index >= 15 is 9.59 Å². The van der Waals surface area contributed by atoms with E-state index < -0.39 is 118 Å². The number of hydrogen-bond acceptors (Lipinski definition) is 15. The molecule has 0 aromatic heterocycles. The molecule has 3 fully saturated rings. The van der Waals surface area contributed by atoms with Crippen molar-refractivity contribution < 1.29 is 71.8 Å². The Morgan fingerprint density at radius 3 is 2.04 bits per heavy atom. The predicted molar refractivity (Wildman–Crippen MR) is 254 cm³/mol. The number of amides is 1. The highest BCUT2D eigenvalue weighted by atomic mass is 16.6. The van der Waals surface area contributed by atoms with E-state index in [2.05, 4.69) is 0 Å². The van der Waals surface area contributed by atoms with E-state index in [4.69, 9.17) is 37.9 Å². The predicted octanol–water partition coefficient (Wildman–Crippen LogP) is 7.70. The number of benzene rings is 3.